The first-order valence-corrected chi connectivity index (χ1v) is 8.09. The van der Waals surface area contributed by atoms with Gasteiger partial charge in [0, 0.05) is 6.92 Å². The van der Waals surface area contributed by atoms with Crippen LogP contribution in [0.4, 0.5) is 5.69 Å². The summed E-state index contributed by atoms with van der Waals surface area (Å²) in [5.74, 6) is 0.485. The van der Waals surface area contributed by atoms with E-state index in [9.17, 15) is 8.42 Å². The molecule has 0 saturated heterocycles. The number of hydrogen-bond donors (Lipinski definition) is 1. The molecule has 0 aliphatic rings. The van der Waals surface area contributed by atoms with Crippen LogP contribution in [0.15, 0.2) is 52.9 Å². The standard InChI is InChI=1S/C15H14N2O3S/c1-11-16-14-9-13(7-8-15(14)20-11)17-21(18,19)10-12-5-3-2-4-6-12/h2-9,17H,10H2,1H3. The van der Waals surface area contributed by atoms with Gasteiger partial charge in [0.15, 0.2) is 11.5 Å². The summed E-state index contributed by atoms with van der Waals surface area (Å²) >= 11 is 0. The molecule has 3 rings (SSSR count). The monoisotopic (exact) mass is 302 g/mol. The van der Waals surface area contributed by atoms with Crippen molar-refractivity contribution in [2.24, 2.45) is 0 Å². The maximum atomic E-state index is 12.2. The smallest absolute Gasteiger partial charge is 0.236 e. The predicted octanol–water partition coefficient (Wildman–Crippen LogP) is 3.08. The van der Waals surface area contributed by atoms with E-state index in [4.69, 9.17) is 4.42 Å². The lowest BCUT2D eigenvalue weighted by molar-refractivity contribution is 0.561. The minimum Gasteiger partial charge on any atom is -0.441 e. The van der Waals surface area contributed by atoms with Gasteiger partial charge in [-0.25, -0.2) is 13.4 Å². The Labute approximate surface area is 122 Å². The molecule has 0 unspecified atom stereocenters. The van der Waals surface area contributed by atoms with Gasteiger partial charge in [-0.05, 0) is 23.8 Å². The zero-order valence-electron chi connectivity index (χ0n) is 11.4. The van der Waals surface area contributed by atoms with Crippen molar-refractivity contribution >= 4 is 26.8 Å². The lowest BCUT2D eigenvalue weighted by Crippen LogP contribution is -2.14. The highest BCUT2D eigenvalue weighted by Gasteiger charge is 2.12. The van der Waals surface area contributed by atoms with Gasteiger partial charge in [-0.15, -0.1) is 0 Å². The van der Waals surface area contributed by atoms with E-state index in [1.54, 1.807) is 37.3 Å². The van der Waals surface area contributed by atoms with Crippen molar-refractivity contribution < 1.29 is 12.8 Å². The molecule has 2 aromatic carbocycles. The van der Waals surface area contributed by atoms with E-state index in [0.29, 0.717) is 22.7 Å². The molecule has 0 fully saturated rings. The molecule has 108 valence electrons. The molecule has 21 heavy (non-hydrogen) atoms. The Bertz CT molecular complexity index is 870. The van der Waals surface area contributed by atoms with E-state index in [2.05, 4.69) is 9.71 Å². The number of sulfonamides is 1. The van der Waals surface area contributed by atoms with Gasteiger partial charge in [0.05, 0.1) is 11.4 Å². The molecule has 1 aromatic heterocycles. The number of hydrogen-bond acceptors (Lipinski definition) is 4. The van der Waals surface area contributed by atoms with Crippen LogP contribution >= 0.6 is 0 Å². The summed E-state index contributed by atoms with van der Waals surface area (Å²) in [4.78, 5) is 4.19. The van der Waals surface area contributed by atoms with Crippen LogP contribution in [-0.2, 0) is 15.8 Å². The van der Waals surface area contributed by atoms with Gasteiger partial charge in [0.25, 0.3) is 0 Å². The van der Waals surface area contributed by atoms with Crippen LogP contribution in [0, 0.1) is 6.92 Å². The SMILES string of the molecule is Cc1nc2cc(NS(=O)(=O)Cc3ccccc3)ccc2o1. The predicted molar refractivity (Wildman–Crippen MR) is 81.4 cm³/mol. The van der Waals surface area contributed by atoms with E-state index < -0.39 is 10.0 Å². The van der Waals surface area contributed by atoms with Gasteiger partial charge >= 0.3 is 0 Å². The van der Waals surface area contributed by atoms with Crippen LogP contribution in [0.3, 0.4) is 0 Å². The highest BCUT2D eigenvalue weighted by atomic mass is 32.2. The van der Waals surface area contributed by atoms with Gasteiger partial charge in [0.1, 0.15) is 5.52 Å². The van der Waals surface area contributed by atoms with E-state index in [1.807, 2.05) is 18.2 Å². The molecule has 3 aromatic rings. The second kappa shape index (κ2) is 5.21. The summed E-state index contributed by atoms with van der Waals surface area (Å²) in [5.41, 5.74) is 2.49. The third-order valence-electron chi connectivity index (χ3n) is 2.97. The Hall–Kier alpha value is -2.34. The fourth-order valence-corrected chi connectivity index (χ4v) is 3.30. The third-order valence-corrected chi connectivity index (χ3v) is 4.23. The molecule has 0 saturated carbocycles. The minimum atomic E-state index is -3.46. The van der Waals surface area contributed by atoms with Crippen molar-refractivity contribution in [1.82, 2.24) is 4.98 Å². The first-order valence-electron chi connectivity index (χ1n) is 6.43. The summed E-state index contributed by atoms with van der Waals surface area (Å²) in [5, 5.41) is 0. The van der Waals surface area contributed by atoms with Crippen molar-refractivity contribution in [2.75, 3.05) is 4.72 Å². The largest absolute Gasteiger partial charge is 0.441 e. The number of aromatic nitrogens is 1. The van der Waals surface area contributed by atoms with Gasteiger partial charge in [-0.1, -0.05) is 30.3 Å². The molecule has 0 amide bonds. The number of rotatable bonds is 4. The summed E-state index contributed by atoms with van der Waals surface area (Å²) in [6, 6.07) is 14.1. The number of oxazole rings is 1. The molecular weight excluding hydrogens is 288 g/mol. The van der Waals surface area contributed by atoms with Gasteiger partial charge in [-0.2, -0.15) is 0 Å². The molecule has 5 nitrogen and oxygen atoms in total. The molecule has 6 heteroatoms. The van der Waals surface area contributed by atoms with Crippen molar-refractivity contribution in [3.63, 3.8) is 0 Å². The first-order chi connectivity index (χ1) is 10.0. The van der Waals surface area contributed by atoms with E-state index in [-0.39, 0.29) is 5.75 Å². The minimum absolute atomic E-state index is 0.0658. The van der Waals surface area contributed by atoms with Crippen LogP contribution in [0.5, 0.6) is 0 Å². The molecule has 0 atom stereocenters. The number of benzene rings is 2. The van der Waals surface area contributed by atoms with Gasteiger partial charge in [0.2, 0.25) is 10.0 Å². The second-order valence-electron chi connectivity index (χ2n) is 4.76. The number of nitrogens with one attached hydrogen (secondary N) is 1. The first kappa shape index (κ1) is 13.6. The molecule has 0 bridgehead atoms. The van der Waals surface area contributed by atoms with Crippen LogP contribution in [0.2, 0.25) is 0 Å². The third kappa shape index (κ3) is 3.22. The summed E-state index contributed by atoms with van der Waals surface area (Å²) in [7, 11) is -3.46. The zero-order valence-corrected chi connectivity index (χ0v) is 12.2. The van der Waals surface area contributed by atoms with Crippen LogP contribution in [0.1, 0.15) is 11.5 Å². The Morgan fingerprint density at radius 2 is 1.90 bits per heavy atom. The number of aryl methyl sites for hydroxylation is 1. The quantitative estimate of drug-likeness (QED) is 0.804. The number of anilines is 1. The van der Waals surface area contributed by atoms with E-state index >= 15 is 0 Å². The van der Waals surface area contributed by atoms with E-state index in [1.165, 1.54) is 0 Å². The van der Waals surface area contributed by atoms with Crippen LogP contribution in [0.25, 0.3) is 11.1 Å². The highest BCUT2D eigenvalue weighted by molar-refractivity contribution is 7.91. The van der Waals surface area contributed by atoms with Crippen LogP contribution in [-0.4, -0.2) is 13.4 Å². The normalized spacial score (nSPS) is 11.7. The second-order valence-corrected chi connectivity index (χ2v) is 6.48. The van der Waals surface area contributed by atoms with Crippen LogP contribution < -0.4 is 4.72 Å². The Kier molecular flexibility index (Phi) is 3.39. The summed E-state index contributed by atoms with van der Waals surface area (Å²) < 4.78 is 32.2. The summed E-state index contributed by atoms with van der Waals surface area (Å²) in [6.45, 7) is 1.75. The Balaban J connectivity index is 1.83. The molecule has 1 N–H and O–H groups in total. The number of nitrogens with zero attached hydrogens (tertiary/aromatic N) is 1. The van der Waals surface area contributed by atoms with Crippen molar-refractivity contribution in [2.45, 2.75) is 12.7 Å². The topological polar surface area (TPSA) is 72.2 Å². The van der Waals surface area contributed by atoms with Crippen molar-refractivity contribution in [1.29, 1.82) is 0 Å². The molecule has 1 heterocycles. The average molecular weight is 302 g/mol. The highest BCUT2D eigenvalue weighted by Crippen LogP contribution is 2.21. The van der Waals surface area contributed by atoms with Gasteiger partial charge < -0.3 is 4.42 Å². The maximum Gasteiger partial charge on any atom is 0.236 e. The maximum absolute atomic E-state index is 12.2. The van der Waals surface area contributed by atoms with E-state index in [0.717, 1.165) is 5.56 Å². The molecule has 0 aliphatic heterocycles. The zero-order chi connectivity index (χ0) is 14.9. The van der Waals surface area contributed by atoms with Crippen molar-refractivity contribution in [3.8, 4) is 0 Å². The average Bonchev–Trinajstić information content (AvgIpc) is 2.78. The lowest BCUT2D eigenvalue weighted by Gasteiger charge is -2.07. The van der Waals surface area contributed by atoms with Crippen molar-refractivity contribution in [3.05, 3.63) is 60.0 Å². The lowest BCUT2D eigenvalue weighted by atomic mass is 10.2. The molecule has 0 aliphatic carbocycles. The van der Waals surface area contributed by atoms with Gasteiger partial charge in [-0.3, -0.25) is 4.72 Å². The molecular formula is C15H14N2O3S. The fraction of sp³-hybridized carbons (Fsp3) is 0.133. The molecule has 0 spiro atoms. The summed E-state index contributed by atoms with van der Waals surface area (Å²) in [6.07, 6.45) is 0. The molecule has 0 radical (unpaired) electrons. The Morgan fingerprint density at radius 1 is 1.14 bits per heavy atom. The fourth-order valence-electron chi connectivity index (χ4n) is 2.12. The number of fused-ring (bicyclic) bond motifs is 1. The Morgan fingerprint density at radius 3 is 2.67 bits per heavy atom.